The molecule has 1 aliphatic rings. The van der Waals surface area contributed by atoms with Gasteiger partial charge in [0, 0.05) is 37.3 Å². The van der Waals surface area contributed by atoms with Crippen LogP contribution in [0.5, 0.6) is 17.2 Å². The number of benzene rings is 1. The van der Waals surface area contributed by atoms with Crippen molar-refractivity contribution in [2.75, 3.05) is 41.5 Å². The molecule has 0 bridgehead atoms. The van der Waals surface area contributed by atoms with E-state index in [1.807, 2.05) is 12.1 Å². The molecule has 1 N–H and O–H groups in total. The lowest BCUT2D eigenvalue weighted by Crippen LogP contribution is -2.30. The van der Waals surface area contributed by atoms with Crippen LogP contribution in [-0.4, -0.2) is 52.4 Å². The molecule has 0 unspecified atom stereocenters. The first-order valence-corrected chi connectivity index (χ1v) is 7.38. The second-order valence-electron chi connectivity index (χ2n) is 5.49. The van der Waals surface area contributed by atoms with Gasteiger partial charge in [-0.2, -0.15) is 0 Å². The summed E-state index contributed by atoms with van der Waals surface area (Å²) >= 11 is 0. The molecule has 0 heterocycles. The van der Waals surface area contributed by atoms with Crippen LogP contribution >= 0.6 is 0 Å². The average Bonchev–Trinajstić information content (AvgIpc) is 3.30. The molecule has 2 rings (SSSR count). The van der Waals surface area contributed by atoms with Crippen molar-refractivity contribution < 1.29 is 14.2 Å². The van der Waals surface area contributed by atoms with Crippen LogP contribution in [-0.2, 0) is 6.54 Å². The van der Waals surface area contributed by atoms with Crippen molar-refractivity contribution in [3.8, 4) is 17.2 Å². The van der Waals surface area contributed by atoms with Gasteiger partial charge in [-0.3, -0.25) is 0 Å². The first-order chi connectivity index (χ1) is 10.2. The highest BCUT2D eigenvalue weighted by Crippen LogP contribution is 2.35. The SMILES string of the molecule is COc1cc(OC)c(OC)cc1CN(C)CCNC1CC1. The average molecular weight is 294 g/mol. The molecule has 21 heavy (non-hydrogen) atoms. The predicted molar refractivity (Wildman–Crippen MR) is 83.5 cm³/mol. The number of methoxy groups -OCH3 is 3. The van der Waals surface area contributed by atoms with Crippen molar-refractivity contribution in [1.82, 2.24) is 10.2 Å². The highest BCUT2D eigenvalue weighted by Gasteiger charge is 2.20. The molecule has 1 fully saturated rings. The Morgan fingerprint density at radius 1 is 1.05 bits per heavy atom. The summed E-state index contributed by atoms with van der Waals surface area (Å²) < 4.78 is 16.1. The minimum Gasteiger partial charge on any atom is -0.496 e. The molecular weight excluding hydrogens is 268 g/mol. The van der Waals surface area contributed by atoms with Gasteiger partial charge >= 0.3 is 0 Å². The fraction of sp³-hybridized carbons (Fsp3) is 0.625. The van der Waals surface area contributed by atoms with Crippen LogP contribution in [0.2, 0.25) is 0 Å². The van der Waals surface area contributed by atoms with E-state index in [1.165, 1.54) is 12.8 Å². The number of hydrogen-bond donors (Lipinski definition) is 1. The van der Waals surface area contributed by atoms with Gasteiger partial charge in [-0.05, 0) is 26.0 Å². The Morgan fingerprint density at radius 2 is 1.67 bits per heavy atom. The van der Waals surface area contributed by atoms with Gasteiger partial charge in [0.1, 0.15) is 5.75 Å². The fourth-order valence-corrected chi connectivity index (χ4v) is 2.33. The molecule has 0 aromatic heterocycles. The third-order valence-electron chi connectivity index (χ3n) is 3.73. The van der Waals surface area contributed by atoms with E-state index in [0.717, 1.165) is 42.7 Å². The summed E-state index contributed by atoms with van der Waals surface area (Å²) in [4.78, 5) is 2.28. The first-order valence-electron chi connectivity index (χ1n) is 7.38. The first kappa shape index (κ1) is 15.9. The molecule has 0 saturated heterocycles. The smallest absolute Gasteiger partial charge is 0.164 e. The maximum atomic E-state index is 5.46. The van der Waals surface area contributed by atoms with Crippen LogP contribution in [0.15, 0.2) is 12.1 Å². The summed E-state index contributed by atoms with van der Waals surface area (Å²) in [6, 6.07) is 4.63. The molecule has 5 heteroatoms. The lowest BCUT2D eigenvalue weighted by atomic mass is 10.1. The van der Waals surface area contributed by atoms with E-state index < -0.39 is 0 Å². The summed E-state index contributed by atoms with van der Waals surface area (Å²) in [5.41, 5.74) is 1.10. The summed E-state index contributed by atoms with van der Waals surface area (Å²) in [6.07, 6.45) is 2.65. The molecule has 0 aliphatic heterocycles. The van der Waals surface area contributed by atoms with Crippen molar-refractivity contribution >= 4 is 0 Å². The highest BCUT2D eigenvalue weighted by atomic mass is 16.5. The number of hydrogen-bond acceptors (Lipinski definition) is 5. The Balaban J connectivity index is 1.98. The maximum Gasteiger partial charge on any atom is 0.164 e. The van der Waals surface area contributed by atoms with Crippen molar-refractivity contribution in [3.05, 3.63) is 17.7 Å². The lowest BCUT2D eigenvalue weighted by molar-refractivity contribution is 0.310. The van der Waals surface area contributed by atoms with Crippen LogP contribution in [0.4, 0.5) is 0 Å². The van der Waals surface area contributed by atoms with Crippen LogP contribution in [0, 0.1) is 0 Å². The number of likely N-dealkylation sites (N-methyl/N-ethyl adjacent to an activating group) is 1. The second kappa shape index (κ2) is 7.52. The number of ether oxygens (including phenoxy) is 3. The molecule has 0 amide bonds. The van der Waals surface area contributed by atoms with Crippen molar-refractivity contribution in [1.29, 1.82) is 0 Å². The Bertz CT molecular complexity index is 461. The monoisotopic (exact) mass is 294 g/mol. The highest BCUT2D eigenvalue weighted by molar-refractivity contribution is 5.50. The second-order valence-corrected chi connectivity index (χ2v) is 5.49. The van der Waals surface area contributed by atoms with E-state index in [4.69, 9.17) is 14.2 Å². The van der Waals surface area contributed by atoms with Crippen LogP contribution in [0.3, 0.4) is 0 Å². The number of nitrogens with one attached hydrogen (secondary N) is 1. The Labute approximate surface area is 127 Å². The van der Waals surface area contributed by atoms with Gasteiger partial charge in [-0.25, -0.2) is 0 Å². The zero-order valence-electron chi connectivity index (χ0n) is 13.4. The van der Waals surface area contributed by atoms with Crippen molar-refractivity contribution in [2.45, 2.75) is 25.4 Å². The van der Waals surface area contributed by atoms with Gasteiger partial charge in [0.15, 0.2) is 11.5 Å². The van der Waals surface area contributed by atoms with Gasteiger partial charge in [0.05, 0.1) is 21.3 Å². The minimum atomic E-state index is 0.691. The third-order valence-corrected chi connectivity index (χ3v) is 3.73. The largest absolute Gasteiger partial charge is 0.496 e. The third kappa shape index (κ3) is 4.51. The van der Waals surface area contributed by atoms with Gasteiger partial charge in [-0.15, -0.1) is 0 Å². The van der Waals surface area contributed by atoms with E-state index in [-0.39, 0.29) is 0 Å². The number of nitrogens with zero attached hydrogens (tertiary/aromatic N) is 1. The van der Waals surface area contributed by atoms with Crippen LogP contribution in [0.25, 0.3) is 0 Å². The van der Waals surface area contributed by atoms with E-state index in [0.29, 0.717) is 5.75 Å². The Morgan fingerprint density at radius 3 is 2.24 bits per heavy atom. The standard InChI is InChI=1S/C16H26N2O3/c1-18(8-7-17-13-5-6-13)11-12-9-15(20-3)16(21-4)10-14(12)19-2/h9-10,13,17H,5-8,11H2,1-4H3. The molecule has 5 nitrogen and oxygen atoms in total. The van der Waals surface area contributed by atoms with Crippen molar-refractivity contribution in [3.63, 3.8) is 0 Å². The molecule has 118 valence electrons. The molecule has 1 saturated carbocycles. The van der Waals surface area contributed by atoms with Crippen LogP contribution in [0.1, 0.15) is 18.4 Å². The molecule has 0 atom stereocenters. The van der Waals surface area contributed by atoms with E-state index in [1.54, 1.807) is 21.3 Å². The summed E-state index contributed by atoms with van der Waals surface area (Å²) in [5.74, 6) is 2.25. The van der Waals surface area contributed by atoms with E-state index in [2.05, 4.69) is 17.3 Å². The summed E-state index contributed by atoms with van der Waals surface area (Å²) in [7, 11) is 7.08. The Kier molecular flexibility index (Phi) is 5.70. The zero-order valence-corrected chi connectivity index (χ0v) is 13.4. The van der Waals surface area contributed by atoms with Crippen molar-refractivity contribution in [2.24, 2.45) is 0 Å². The van der Waals surface area contributed by atoms with Gasteiger partial charge in [0.2, 0.25) is 0 Å². The molecule has 0 radical (unpaired) electrons. The normalized spacial score (nSPS) is 14.3. The van der Waals surface area contributed by atoms with E-state index in [9.17, 15) is 0 Å². The molecular formula is C16H26N2O3. The summed E-state index contributed by atoms with van der Waals surface area (Å²) in [5, 5.41) is 3.53. The Hall–Kier alpha value is -1.46. The number of rotatable bonds is 9. The molecule has 0 spiro atoms. The van der Waals surface area contributed by atoms with Gasteiger partial charge < -0.3 is 24.4 Å². The maximum absolute atomic E-state index is 5.46. The topological polar surface area (TPSA) is 43.0 Å². The minimum absolute atomic E-state index is 0.691. The zero-order chi connectivity index (χ0) is 15.2. The van der Waals surface area contributed by atoms with Crippen LogP contribution < -0.4 is 19.5 Å². The summed E-state index contributed by atoms with van der Waals surface area (Å²) in [6.45, 7) is 2.85. The van der Waals surface area contributed by atoms with Gasteiger partial charge in [0.25, 0.3) is 0 Å². The quantitative estimate of drug-likeness (QED) is 0.753. The molecule has 1 aromatic carbocycles. The predicted octanol–water partition coefficient (Wildman–Crippen LogP) is 1.90. The molecule has 1 aliphatic carbocycles. The van der Waals surface area contributed by atoms with Gasteiger partial charge in [-0.1, -0.05) is 0 Å². The fourth-order valence-electron chi connectivity index (χ4n) is 2.33. The molecule has 1 aromatic rings. The van der Waals surface area contributed by atoms with E-state index >= 15 is 0 Å². The lowest BCUT2D eigenvalue weighted by Gasteiger charge is -2.20.